The quantitative estimate of drug-likeness (QED) is 0.748. The molecule has 1 aliphatic carbocycles. The van der Waals surface area contributed by atoms with Crippen LogP contribution in [0.1, 0.15) is 54.4 Å². The fourth-order valence-electron chi connectivity index (χ4n) is 3.57. The highest BCUT2D eigenvalue weighted by Crippen LogP contribution is 2.40. The Hall–Kier alpha value is -1.65. The first-order chi connectivity index (χ1) is 10.6. The van der Waals surface area contributed by atoms with E-state index in [0.717, 1.165) is 18.4 Å². The van der Waals surface area contributed by atoms with Crippen LogP contribution in [0.2, 0.25) is 0 Å². The molecule has 2 aliphatic rings. The van der Waals surface area contributed by atoms with Crippen LogP contribution in [0.5, 0.6) is 0 Å². The predicted molar refractivity (Wildman–Crippen MR) is 86.7 cm³/mol. The molecule has 0 aromatic rings. The van der Waals surface area contributed by atoms with E-state index < -0.39 is 17.9 Å². The second-order valence-electron chi connectivity index (χ2n) is 7.71. The van der Waals surface area contributed by atoms with Crippen LogP contribution >= 0.6 is 0 Å². The standard InChI is InChI=1S/C18H27NO4/c1-7-8-12-10(2)11(3)15(20)14(12)16(21)19-13(18(4,5)6)9-23-17(19)22/h12-14H,7-9H2,1-6H3/t12-,13-,14+/m1/s1. The average Bonchev–Trinajstić information content (AvgIpc) is 2.94. The summed E-state index contributed by atoms with van der Waals surface area (Å²) in [5.74, 6) is -1.41. The molecule has 1 fully saturated rings. The Morgan fingerprint density at radius 1 is 1.26 bits per heavy atom. The van der Waals surface area contributed by atoms with Crippen LogP contribution in [0.3, 0.4) is 0 Å². The Labute approximate surface area is 138 Å². The third-order valence-electron chi connectivity index (χ3n) is 5.18. The van der Waals surface area contributed by atoms with Gasteiger partial charge >= 0.3 is 6.09 Å². The Bertz CT molecular complexity index is 570. The lowest BCUT2D eigenvalue weighted by atomic mass is 9.83. The van der Waals surface area contributed by atoms with E-state index >= 15 is 0 Å². The maximum atomic E-state index is 13.1. The SMILES string of the molecule is CCC[C@@H]1C(C)=C(C)C(=O)[C@H]1C(=O)N1C(=O)OC[C@@H]1C(C)(C)C. The van der Waals surface area contributed by atoms with E-state index in [1.54, 1.807) is 6.92 Å². The Morgan fingerprint density at radius 2 is 1.87 bits per heavy atom. The molecule has 2 amide bonds. The van der Waals surface area contributed by atoms with Gasteiger partial charge in [0.1, 0.15) is 12.5 Å². The maximum Gasteiger partial charge on any atom is 0.417 e. The molecule has 0 saturated carbocycles. The molecule has 128 valence electrons. The van der Waals surface area contributed by atoms with Crippen LogP contribution in [0.15, 0.2) is 11.1 Å². The summed E-state index contributed by atoms with van der Waals surface area (Å²) in [4.78, 5) is 39.0. The summed E-state index contributed by atoms with van der Waals surface area (Å²) in [6.45, 7) is 11.8. The first kappa shape index (κ1) is 17.7. The average molecular weight is 321 g/mol. The summed E-state index contributed by atoms with van der Waals surface area (Å²) in [6, 6.07) is -0.334. The van der Waals surface area contributed by atoms with Gasteiger partial charge in [-0.15, -0.1) is 0 Å². The van der Waals surface area contributed by atoms with Crippen LogP contribution in [-0.4, -0.2) is 35.3 Å². The number of amides is 2. The summed E-state index contributed by atoms with van der Waals surface area (Å²) in [7, 11) is 0. The van der Waals surface area contributed by atoms with E-state index in [-0.39, 0.29) is 29.8 Å². The Morgan fingerprint density at radius 3 is 2.39 bits per heavy atom. The Balaban J connectivity index is 2.35. The van der Waals surface area contributed by atoms with Crippen molar-refractivity contribution in [3.8, 4) is 0 Å². The molecule has 1 saturated heterocycles. The minimum Gasteiger partial charge on any atom is -0.447 e. The van der Waals surface area contributed by atoms with Gasteiger partial charge in [-0.25, -0.2) is 9.69 Å². The highest BCUT2D eigenvalue weighted by atomic mass is 16.6. The summed E-state index contributed by atoms with van der Waals surface area (Å²) in [5.41, 5.74) is 1.36. The molecule has 5 heteroatoms. The van der Waals surface area contributed by atoms with E-state index in [1.807, 2.05) is 34.6 Å². The molecule has 1 aliphatic heterocycles. The first-order valence-corrected chi connectivity index (χ1v) is 8.32. The van der Waals surface area contributed by atoms with Gasteiger partial charge in [-0.2, -0.15) is 0 Å². The van der Waals surface area contributed by atoms with Crippen molar-refractivity contribution in [3.05, 3.63) is 11.1 Å². The van der Waals surface area contributed by atoms with Crippen LogP contribution in [0.4, 0.5) is 4.79 Å². The van der Waals surface area contributed by atoms with E-state index in [1.165, 1.54) is 4.90 Å². The van der Waals surface area contributed by atoms with Crippen molar-refractivity contribution >= 4 is 17.8 Å². The number of imide groups is 1. The van der Waals surface area contributed by atoms with Crippen LogP contribution < -0.4 is 0 Å². The van der Waals surface area contributed by atoms with Gasteiger partial charge in [0.25, 0.3) is 0 Å². The summed E-state index contributed by atoms with van der Waals surface area (Å²) in [6.07, 6.45) is 1.04. The molecule has 1 heterocycles. The molecule has 2 rings (SSSR count). The summed E-state index contributed by atoms with van der Waals surface area (Å²) in [5, 5.41) is 0. The molecule has 3 atom stereocenters. The van der Waals surface area contributed by atoms with Crippen molar-refractivity contribution in [3.63, 3.8) is 0 Å². The van der Waals surface area contributed by atoms with Gasteiger partial charge in [0.2, 0.25) is 5.91 Å². The van der Waals surface area contributed by atoms with Gasteiger partial charge in [0, 0.05) is 0 Å². The van der Waals surface area contributed by atoms with Crippen LogP contribution in [0, 0.1) is 17.3 Å². The molecule has 23 heavy (non-hydrogen) atoms. The second-order valence-corrected chi connectivity index (χ2v) is 7.71. The number of nitrogens with zero attached hydrogens (tertiary/aromatic N) is 1. The van der Waals surface area contributed by atoms with Crippen molar-refractivity contribution < 1.29 is 19.1 Å². The van der Waals surface area contributed by atoms with Crippen LogP contribution in [0.25, 0.3) is 0 Å². The number of carbonyl (C=O) groups excluding carboxylic acids is 3. The topological polar surface area (TPSA) is 63.7 Å². The number of hydrogen-bond donors (Lipinski definition) is 0. The number of hydrogen-bond acceptors (Lipinski definition) is 4. The van der Waals surface area contributed by atoms with E-state index in [0.29, 0.717) is 5.57 Å². The fourth-order valence-corrected chi connectivity index (χ4v) is 3.57. The molecule has 0 aromatic heterocycles. The molecule has 0 aromatic carbocycles. The number of carbonyl (C=O) groups is 3. The number of allylic oxidation sites excluding steroid dienone is 2. The minimum absolute atomic E-state index is 0.103. The third kappa shape index (κ3) is 2.93. The van der Waals surface area contributed by atoms with Gasteiger partial charge in [0.05, 0.1) is 6.04 Å². The van der Waals surface area contributed by atoms with Crippen molar-refractivity contribution in [2.45, 2.75) is 60.4 Å². The van der Waals surface area contributed by atoms with Gasteiger partial charge in [-0.05, 0) is 37.2 Å². The first-order valence-electron chi connectivity index (χ1n) is 8.32. The molecule has 5 nitrogen and oxygen atoms in total. The zero-order chi connectivity index (χ0) is 17.5. The summed E-state index contributed by atoms with van der Waals surface area (Å²) >= 11 is 0. The number of rotatable bonds is 3. The van der Waals surface area contributed by atoms with Crippen molar-refractivity contribution in [1.29, 1.82) is 0 Å². The number of Topliss-reactive ketones (excluding diaryl/α,β-unsaturated/α-hetero) is 1. The van der Waals surface area contributed by atoms with E-state index in [4.69, 9.17) is 4.74 Å². The lowest BCUT2D eigenvalue weighted by Crippen LogP contribution is -2.50. The van der Waals surface area contributed by atoms with Crippen molar-refractivity contribution in [1.82, 2.24) is 4.90 Å². The van der Waals surface area contributed by atoms with E-state index in [9.17, 15) is 14.4 Å². The van der Waals surface area contributed by atoms with Crippen LogP contribution in [-0.2, 0) is 14.3 Å². The zero-order valence-corrected chi connectivity index (χ0v) is 14.9. The third-order valence-corrected chi connectivity index (χ3v) is 5.18. The monoisotopic (exact) mass is 321 g/mol. The van der Waals surface area contributed by atoms with Gasteiger partial charge in [0.15, 0.2) is 5.78 Å². The molecule has 0 radical (unpaired) electrons. The predicted octanol–water partition coefficient (Wildman–Crippen LogP) is 3.33. The molecular weight excluding hydrogens is 294 g/mol. The highest BCUT2D eigenvalue weighted by molar-refractivity contribution is 6.15. The number of ketones is 1. The zero-order valence-electron chi connectivity index (χ0n) is 14.9. The van der Waals surface area contributed by atoms with Crippen molar-refractivity contribution in [2.75, 3.05) is 6.61 Å². The minimum atomic E-state index is -0.773. The molecule has 0 bridgehead atoms. The smallest absolute Gasteiger partial charge is 0.417 e. The van der Waals surface area contributed by atoms with Gasteiger partial charge in [-0.3, -0.25) is 9.59 Å². The number of ether oxygens (including phenoxy) is 1. The largest absolute Gasteiger partial charge is 0.447 e. The Kier molecular flexibility index (Phi) is 4.69. The molecule has 0 N–H and O–H groups in total. The summed E-state index contributed by atoms with van der Waals surface area (Å²) < 4.78 is 5.11. The van der Waals surface area contributed by atoms with Gasteiger partial charge in [-0.1, -0.05) is 39.7 Å². The van der Waals surface area contributed by atoms with E-state index in [2.05, 4.69) is 0 Å². The molecule has 0 unspecified atom stereocenters. The fraction of sp³-hybridized carbons (Fsp3) is 0.722. The highest BCUT2D eigenvalue weighted by Gasteiger charge is 2.51. The molecule has 0 spiro atoms. The lowest BCUT2D eigenvalue weighted by molar-refractivity contribution is -0.140. The lowest BCUT2D eigenvalue weighted by Gasteiger charge is -2.33. The maximum absolute atomic E-state index is 13.1. The number of cyclic esters (lactones) is 1. The van der Waals surface area contributed by atoms with Gasteiger partial charge < -0.3 is 4.74 Å². The molecular formula is C18H27NO4. The van der Waals surface area contributed by atoms with Crippen molar-refractivity contribution in [2.24, 2.45) is 17.3 Å². The normalized spacial score (nSPS) is 28.6. The second kappa shape index (κ2) is 6.10.